The monoisotopic (exact) mass is 329 g/mol. The molecule has 1 saturated carbocycles. The Labute approximate surface area is 139 Å². The maximum atomic E-state index is 12.5. The van der Waals surface area contributed by atoms with Crippen LogP contribution in [-0.4, -0.2) is 44.2 Å². The van der Waals surface area contributed by atoms with E-state index in [4.69, 9.17) is 4.74 Å². The van der Waals surface area contributed by atoms with Crippen LogP contribution in [-0.2, 0) is 20.7 Å². The van der Waals surface area contributed by atoms with Crippen molar-refractivity contribution in [3.63, 3.8) is 0 Å². The van der Waals surface area contributed by atoms with Crippen molar-refractivity contribution in [3.8, 4) is 0 Å². The van der Waals surface area contributed by atoms with Crippen molar-refractivity contribution in [2.75, 3.05) is 0 Å². The number of hydrogen-bond donors (Lipinski definition) is 1. The molecule has 2 atom stereocenters. The highest BCUT2D eigenvalue weighted by Crippen LogP contribution is 2.19. The van der Waals surface area contributed by atoms with Gasteiger partial charge in [-0.05, 0) is 35.8 Å². The Kier molecular flexibility index (Phi) is 4.83. The van der Waals surface area contributed by atoms with Gasteiger partial charge in [0, 0.05) is 12.5 Å². The Morgan fingerprint density at radius 1 is 1.33 bits per heavy atom. The number of aromatic nitrogens is 4. The van der Waals surface area contributed by atoms with Crippen molar-refractivity contribution in [2.45, 2.75) is 44.4 Å². The molecular formula is C16H19N5O3. The summed E-state index contributed by atoms with van der Waals surface area (Å²) in [4.78, 5) is 24.5. The van der Waals surface area contributed by atoms with Gasteiger partial charge in [-0.15, -0.1) is 5.10 Å². The third kappa shape index (κ3) is 4.15. The largest absolute Gasteiger partial charge is 0.451 e. The fourth-order valence-corrected chi connectivity index (χ4v) is 2.29. The molecule has 1 amide bonds. The summed E-state index contributed by atoms with van der Waals surface area (Å²) in [6.07, 6.45) is 2.85. The van der Waals surface area contributed by atoms with Gasteiger partial charge in [-0.1, -0.05) is 30.3 Å². The Bertz CT molecular complexity index is 685. The predicted molar refractivity (Wildman–Crippen MR) is 83.7 cm³/mol. The van der Waals surface area contributed by atoms with E-state index in [2.05, 4.69) is 20.8 Å². The van der Waals surface area contributed by atoms with Crippen LogP contribution in [0.1, 0.15) is 31.4 Å². The molecule has 1 aromatic heterocycles. The lowest BCUT2D eigenvalue weighted by atomic mass is 10.1. The van der Waals surface area contributed by atoms with E-state index in [0.29, 0.717) is 6.42 Å². The molecule has 1 aromatic carbocycles. The molecular weight excluding hydrogens is 310 g/mol. The van der Waals surface area contributed by atoms with E-state index in [9.17, 15) is 9.59 Å². The lowest BCUT2D eigenvalue weighted by molar-refractivity contribution is -0.158. The zero-order chi connectivity index (χ0) is 16.9. The third-order valence-corrected chi connectivity index (χ3v) is 3.81. The molecule has 0 saturated heterocycles. The Hall–Kier alpha value is -2.77. The van der Waals surface area contributed by atoms with E-state index in [1.807, 2.05) is 30.3 Å². The molecule has 126 valence electrons. The second-order valence-corrected chi connectivity index (χ2v) is 5.86. The molecule has 2 aromatic rings. The Balaban J connectivity index is 1.67. The molecule has 8 heteroatoms. The van der Waals surface area contributed by atoms with Gasteiger partial charge in [0.25, 0.3) is 5.91 Å². The summed E-state index contributed by atoms with van der Waals surface area (Å²) < 4.78 is 6.68. The van der Waals surface area contributed by atoms with Crippen LogP contribution in [0.2, 0.25) is 0 Å². The van der Waals surface area contributed by atoms with Gasteiger partial charge in [0.15, 0.2) is 12.1 Å². The van der Waals surface area contributed by atoms with Gasteiger partial charge in [-0.2, -0.15) is 0 Å². The standard InChI is InChI=1S/C16H19N5O3/c1-11(15(22)18-13-7-8-13)24-16(23)14(21-10-17-19-20-21)9-12-5-3-2-4-6-12/h2-6,10-11,13-14H,7-9H2,1H3,(H,18,22)/t11-,14-/m0/s1. The maximum absolute atomic E-state index is 12.5. The first-order valence-electron chi connectivity index (χ1n) is 7.91. The molecule has 3 rings (SSSR count). The minimum atomic E-state index is -0.854. The first-order chi connectivity index (χ1) is 11.6. The molecule has 24 heavy (non-hydrogen) atoms. The minimum Gasteiger partial charge on any atom is -0.451 e. The molecule has 1 aliphatic carbocycles. The number of tetrazole rings is 1. The molecule has 0 radical (unpaired) electrons. The quantitative estimate of drug-likeness (QED) is 0.750. The molecule has 1 N–H and O–H groups in total. The normalized spacial score (nSPS) is 16.2. The Morgan fingerprint density at radius 2 is 2.08 bits per heavy atom. The van der Waals surface area contributed by atoms with E-state index in [1.54, 1.807) is 6.92 Å². The zero-order valence-electron chi connectivity index (χ0n) is 13.3. The average molecular weight is 329 g/mol. The topological polar surface area (TPSA) is 99.0 Å². The van der Waals surface area contributed by atoms with Crippen LogP contribution in [0.25, 0.3) is 0 Å². The highest BCUT2D eigenvalue weighted by Gasteiger charge is 2.30. The molecule has 0 bridgehead atoms. The van der Waals surface area contributed by atoms with Gasteiger partial charge in [-0.3, -0.25) is 4.79 Å². The van der Waals surface area contributed by atoms with Gasteiger partial charge >= 0.3 is 5.97 Å². The molecule has 0 unspecified atom stereocenters. The highest BCUT2D eigenvalue weighted by molar-refractivity contribution is 5.84. The number of nitrogens with one attached hydrogen (secondary N) is 1. The predicted octanol–water partition coefficient (Wildman–Crippen LogP) is 0.667. The summed E-state index contributed by atoms with van der Waals surface area (Å²) in [6.45, 7) is 1.56. The smallest absolute Gasteiger partial charge is 0.332 e. The summed E-state index contributed by atoms with van der Waals surface area (Å²) in [7, 11) is 0. The van der Waals surface area contributed by atoms with Crippen molar-refractivity contribution >= 4 is 11.9 Å². The second kappa shape index (κ2) is 7.20. The van der Waals surface area contributed by atoms with Crippen molar-refractivity contribution < 1.29 is 14.3 Å². The number of amides is 1. The van der Waals surface area contributed by atoms with Crippen LogP contribution in [0.15, 0.2) is 36.7 Å². The van der Waals surface area contributed by atoms with Crippen molar-refractivity contribution in [1.82, 2.24) is 25.5 Å². The van der Waals surface area contributed by atoms with Crippen molar-refractivity contribution in [1.29, 1.82) is 0 Å². The molecule has 8 nitrogen and oxygen atoms in total. The number of ether oxygens (including phenoxy) is 1. The summed E-state index contributed by atoms with van der Waals surface area (Å²) in [5, 5.41) is 13.8. The summed E-state index contributed by atoms with van der Waals surface area (Å²) in [5.74, 6) is -0.814. The van der Waals surface area contributed by atoms with Crippen LogP contribution < -0.4 is 5.32 Å². The number of hydrogen-bond acceptors (Lipinski definition) is 6. The molecule has 0 spiro atoms. The fraction of sp³-hybridized carbons (Fsp3) is 0.438. The number of benzene rings is 1. The average Bonchev–Trinajstić information content (AvgIpc) is 3.23. The van der Waals surface area contributed by atoms with E-state index in [0.717, 1.165) is 18.4 Å². The van der Waals surface area contributed by atoms with Crippen molar-refractivity contribution in [2.24, 2.45) is 0 Å². The van der Waals surface area contributed by atoms with Gasteiger partial charge in [0.1, 0.15) is 6.33 Å². The second-order valence-electron chi connectivity index (χ2n) is 5.86. The number of carbonyl (C=O) groups excluding carboxylic acids is 2. The lowest BCUT2D eigenvalue weighted by Gasteiger charge is -2.19. The van der Waals surface area contributed by atoms with Gasteiger partial charge < -0.3 is 10.1 Å². The van der Waals surface area contributed by atoms with Crippen LogP contribution in [0, 0.1) is 0 Å². The van der Waals surface area contributed by atoms with Crippen LogP contribution in [0.3, 0.4) is 0 Å². The SMILES string of the molecule is C[C@H](OC(=O)[C@H](Cc1ccccc1)n1cnnn1)C(=O)NC1CC1. The number of nitrogens with zero attached hydrogens (tertiary/aromatic N) is 4. The van der Waals surface area contributed by atoms with Crippen LogP contribution in [0.4, 0.5) is 0 Å². The first kappa shape index (κ1) is 16.1. The van der Waals surface area contributed by atoms with Crippen LogP contribution >= 0.6 is 0 Å². The molecule has 1 aliphatic rings. The van der Waals surface area contributed by atoms with Crippen molar-refractivity contribution in [3.05, 3.63) is 42.2 Å². The Morgan fingerprint density at radius 3 is 2.71 bits per heavy atom. The zero-order valence-corrected chi connectivity index (χ0v) is 13.3. The number of carbonyl (C=O) groups is 2. The maximum Gasteiger partial charge on any atom is 0.332 e. The fourth-order valence-electron chi connectivity index (χ4n) is 2.29. The summed E-state index contributed by atoms with van der Waals surface area (Å²) in [6, 6.07) is 9.00. The van der Waals surface area contributed by atoms with Gasteiger partial charge in [-0.25, -0.2) is 9.48 Å². The minimum absolute atomic E-state index is 0.221. The molecule has 1 heterocycles. The highest BCUT2D eigenvalue weighted by atomic mass is 16.5. The first-order valence-corrected chi connectivity index (χ1v) is 7.91. The van der Waals surface area contributed by atoms with E-state index < -0.39 is 18.1 Å². The van der Waals surface area contributed by atoms with E-state index >= 15 is 0 Å². The number of rotatable bonds is 7. The van der Waals surface area contributed by atoms with E-state index in [-0.39, 0.29) is 11.9 Å². The van der Waals surface area contributed by atoms with Gasteiger partial charge in [0.05, 0.1) is 0 Å². The summed E-state index contributed by atoms with van der Waals surface area (Å²) >= 11 is 0. The molecule has 0 aliphatic heterocycles. The summed E-state index contributed by atoms with van der Waals surface area (Å²) in [5.41, 5.74) is 0.949. The van der Waals surface area contributed by atoms with E-state index in [1.165, 1.54) is 11.0 Å². The van der Waals surface area contributed by atoms with Crippen LogP contribution in [0.5, 0.6) is 0 Å². The third-order valence-electron chi connectivity index (χ3n) is 3.81. The van der Waals surface area contributed by atoms with Gasteiger partial charge in [0.2, 0.25) is 0 Å². The lowest BCUT2D eigenvalue weighted by Crippen LogP contribution is -2.38. The molecule has 1 fully saturated rings. The number of esters is 1.